The molecule has 1 aromatic carbocycles. The lowest BCUT2D eigenvalue weighted by atomic mass is 9.84. The number of sulfonamides is 1. The highest BCUT2D eigenvalue weighted by Gasteiger charge is 2.19. The van der Waals surface area contributed by atoms with Gasteiger partial charge in [0.2, 0.25) is 10.0 Å². The Bertz CT molecular complexity index is 532. The lowest BCUT2D eigenvalue weighted by Gasteiger charge is -2.28. The lowest BCUT2D eigenvalue weighted by Crippen LogP contribution is -2.34. The topological polar surface area (TPSA) is 72.2 Å². The van der Waals surface area contributed by atoms with E-state index < -0.39 is 10.0 Å². The minimum absolute atomic E-state index is 0.178. The summed E-state index contributed by atoms with van der Waals surface area (Å²) in [7, 11) is -3.58. The van der Waals surface area contributed by atoms with Gasteiger partial charge in [-0.05, 0) is 62.3 Å². The van der Waals surface area contributed by atoms with Crippen molar-refractivity contribution in [3.8, 4) is 0 Å². The molecule has 0 aliphatic heterocycles. The molecule has 1 aromatic rings. The molecule has 21 heavy (non-hydrogen) atoms. The minimum Gasteiger partial charge on any atom is -0.314 e. The molecule has 2 rings (SSSR count). The molecule has 1 saturated carbocycles. The van der Waals surface area contributed by atoms with E-state index in [2.05, 4.69) is 12.2 Å². The summed E-state index contributed by atoms with van der Waals surface area (Å²) < 4.78 is 22.4. The molecule has 4 nitrogen and oxygen atoms in total. The smallest absolute Gasteiger partial charge is 0.238 e. The van der Waals surface area contributed by atoms with E-state index in [1.807, 2.05) is 12.1 Å². The summed E-state index contributed by atoms with van der Waals surface area (Å²) >= 11 is 0. The fourth-order valence-electron chi connectivity index (χ4n) is 3.04. The molecule has 0 unspecified atom stereocenters. The highest BCUT2D eigenvalue weighted by Crippen LogP contribution is 2.26. The van der Waals surface area contributed by atoms with E-state index in [0.29, 0.717) is 6.04 Å². The highest BCUT2D eigenvalue weighted by atomic mass is 32.2. The van der Waals surface area contributed by atoms with Crippen molar-refractivity contribution >= 4 is 10.0 Å². The predicted octanol–water partition coefficient (Wildman–Crippen LogP) is 2.43. The van der Waals surface area contributed by atoms with Gasteiger partial charge in [0, 0.05) is 6.04 Å². The number of primary sulfonamides is 1. The first-order valence-corrected chi connectivity index (χ1v) is 9.38. The van der Waals surface area contributed by atoms with Crippen molar-refractivity contribution in [2.75, 3.05) is 6.54 Å². The Kier molecular flexibility index (Phi) is 5.79. The van der Waals surface area contributed by atoms with Gasteiger partial charge in [-0.3, -0.25) is 0 Å². The van der Waals surface area contributed by atoms with E-state index in [9.17, 15) is 8.42 Å². The summed E-state index contributed by atoms with van der Waals surface area (Å²) in [6.45, 7) is 3.22. The average molecular weight is 310 g/mol. The fourth-order valence-corrected chi connectivity index (χ4v) is 3.56. The Labute approximate surface area is 128 Å². The van der Waals surface area contributed by atoms with Crippen LogP contribution in [-0.4, -0.2) is 21.0 Å². The molecular weight excluding hydrogens is 284 g/mol. The molecule has 1 aliphatic rings. The van der Waals surface area contributed by atoms with Crippen LogP contribution in [0.25, 0.3) is 0 Å². The van der Waals surface area contributed by atoms with E-state index in [0.717, 1.165) is 24.4 Å². The molecular formula is C16H26N2O2S. The van der Waals surface area contributed by atoms with Gasteiger partial charge in [-0.1, -0.05) is 25.5 Å². The first-order chi connectivity index (χ1) is 9.99. The Morgan fingerprint density at radius 2 is 1.76 bits per heavy atom. The molecule has 118 valence electrons. The average Bonchev–Trinajstić information content (AvgIpc) is 2.47. The number of nitrogens with two attached hydrogens (primary N) is 1. The molecule has 0 atom stereocenters. The van der Waals surface area contributed by atoms with Gasteiger partial charge in [-0.15, -0.1) is 0 Å². The molecule has 1 aliphatic carbocycles. The first-order valence-electron chi connectivity index (χ1n) is 7.84. The Morgan fingerprint density at radius 1 is 1.14 bits per heavy atom. The number of benzene rings is 1. The normalized spacial score (nSPS) is 23.1. The Balaban J connectivity index is 1.74. The van der Waals surface area contributed by atoms with Crippen LogP contribution in [0.4, 0.5) is 0 Å². The van der Waals surface area contributed by atoms with Crippen molar-refractivity contribution < 1.29 is 8.42 Å². The van der Waals surface area contributed by atoms with Crippen molar-refractivity contribution in [3.05, 3.63) is 29.8 Å². The third kappa shape index (κ3) is 5.09. The van der Waals surface area contributed by atoms with Gasteiger partial charge in [0.05, 0.1) is 4.90 Å². The van der Waals surface area contributed by atoms with Gasteiger partial charge in [0.25, 0.3) is 0 Å². The largest absolute Gasteiger partial charge is 0.314 e. The van der Waals surface area contributed by atoms with Gasteiger partial charge < -0.3 is 5.32 Å². The zero-order chi connectivity index (χ0) is 15.3. The van der Waals surface area contributed by atoms with Crippen LogP contribution >= 0.6 is 0 Å². The number of hydrogen-bond acceptors (Lipinski definition) is 3. The van der Waals surface area contributed by atoms with Crippen LogP contribution in [0.1, 0.15) is 44.6 Å². The SMILES string of the molecule is CCC1CCC(NCCc2ccc(S(N)(=O)=O)cc2)CC1. The molecule has 3 N–H and O–H groups in total. The van der Waals surface area contributed by atoms with Crippen LogP contribution in [0.2, 0.25) is 0 Å². The summed E-state index contributed by atoms with van der Waals surface area (Å²) in [5, 5.41) is 8.70. The molecule has 0 radical (unpaired) electrons. The maximum absolute atomic E-state index is 11.2. The predicted molar refractivity (Wildman–Crippen MR) is 85.6 cm³/mol. The van der Waals surface area contributed by atoms with Crippen LogP contribution in [0.5, 0.6) is 0 Å². The minimum atomic E-state index is -3.58. The molecule has 0 saturated heterocycles. The second-order valence-corrected chi connectivity index (χ2v) is 7.58. The third-order valence-electron chi connectivity index (χ3n) is 4.52. The second-order valence-electron chi connectivity index (χ2n) is 6.02. The number of nitrogens with one attached hydrogen (secondary N) is 1. The molecule has 0 bridgehead atoms. The molecule has 1 fully saturated rings. The quantitative estimate of drug-likeness (QED) is 0.847. The molecule has 0 spiro atoms. The van der Waals surface area contributed by atoms with Crippen LogP contribution in [0.15, 0.2) is 29.2 Å². The van der Waals surface area contributed by atoms with Gasteiger partial charge in [-0.25, -0.2) is 13.6 Å². The first kappa shape index (κ1) is 16.5. The molecule has 0 heterocycles. The lowest BCUT2D eigenvalue weighted by molar-refractivity contribution is 0.287. The van der Waals surface area contributed by atoms with E-state index in [1.54, 1.807) is 12.1 Å². The second kappa shape index (κ2) is 7.38. The van der Waals surface area contributed by atoms with Crippen molar-refractivity contribution in [3.63, 3.8) is 0 Å². The molecule has 0 amide bonds. The zero-order valence-corrected chi connectivity index (χ0v) is 13.5. The maximum Gasteiger partial charge on any atom is 0.238 e. The summed E-state index contributed by atoms with van der Waals surface area (Å²) in [6.07, 6.45) is 7.47. The summed E-state index contributed by atoms with van der Waals surface area (Å²) in [6, 6.07) is 7.50. The molecule has 0 aromatic heterocycles. The Hall–Kier alpha value is -0.910. The van der Waals surface area contributed by atoms with Crippen molar-refractivity contribution in [1.29, 1.82) is 0 Å². The van der Waals surface area contributed by atoms with Gasteiger partial charge in [0.1, 0.15) is 0 Å². The van der Waals surface area contributed by atoms with Crippen molar-refractivity contribution in [2.45, 2.75) is 56.4 Å². The monoisotopic (exact) mass is 310 g/mol. The summed E-state index contributed by atoms with van der Waals surface area (Å²) in [5.41, 5.74) is 1.14. The van der Waals surface area contributed by atoms with Crippen LogP contribution < -0.4 is 10.5 Å². The van der Waals surface area contributed by atoms with E-state index >= 15 is 0 Å². The zero-order valence-electron chi connectivity index (χ0n) is 12.7. The number of hydrogen-bond donors (Lipinski definition) is 2. The molecule has 5 heteroatoms. The Morgan fingerprint density at radius 3 is 2.29 bits per heavy atom. The van der Waals surface area contributed by atoms with Crippen LogP contribution in [0.3, 0.4) is 0 Å². The van der Waals surface area contributed by atoms with E-state index in [4.69, 9.17) is 5.14 Å². The van der Waals surface area contributed by atoms with Crippen molar-refractivity contribution in [1.82, 2.24) is 5.32 Å². The third-order valence-corrected chi connectivity index (χ3v) is 5.45. The highest BCUT2D eigenvalue weighted by molar-refractivity contribution is 7.89. The maximum atomic E-state index is 11.2. The van der Waals surface area contributed by atoms with Gasteiger partial charge in [-0.2, -0.15) is 0 Å². The van der Waals surface area contributed by atoms with E-state index in [1.165, 1.54) is 32.1 Å². The van der Waals surface area contributed by atoms with Gasteiger partial charge in [0.15, 0.2) is 0 Å². The number of rotatable bonds is 6. The van der Waals surface area contributed by atoms with E-state index in [-0.39, 0.29) is 4.90 Å². The van der Waals surface area contributed by atoms with Crippen LogP contribution in [0, 0.1) is 5.92 Å². The fraction of sp³-hybridized carbons (Fsp3) is 0.625. The van der Waals surface area contributed by atoms with Crippen molar-refractivity contribution in [2.24, 2.45) is 11.1 Å². The van der Waals surface area contributed by atoms with Crippen LogP contribution in [-0.2, 0) is 16.4 Å². The summed E-state index contributed by atoms with van der Waals surface area (Å²) in [4.78, 5) is 0.178. The standard InChI is InChI=1S/C16H26N2O2S/c1-2-13-3-7-15(8-4-13)18-12-11-14-5-9-16(10-6-14)21(17,19)20/h5-6,9-10,13,15,18H,2-4,7-8,11-12H2,1H3,(H2,17,19,20). The summed E-state index contributed by atoms with van der Waals surface area (Å²) in [5.74, 6) is 0.925. The van der Waals surface area contributed by atoms with Gasteiger partial charge >= 0.3 is 0 Å².